The highest BCUT2D eigenvalue weighted by atomic mass is 16.5. The standard InChI is InChI=1S/C18H20N2O2/c1-3-12-4-6-13(7-5-12)10-17-18(21)20(2)15-9-8-14(19)11-16(15)22-17/h4-9,11,17H,3,10,19H2,1-2H3. The SMILES string of the molecule is CCc1ccc(CC2Oc3cc(N)ccc3N(C)C2=O)cc1. The van der Waals surface area contributed by atoms with Gasteiger partial charge in [0, 0.05) is 25.2 Å². The van der Waals surface area contributed by atoms with Crippen LogP contribution in [0.15, 0.2) is 42.5 Å². The Bertz CT molecular complexity index is 695. The molecule has 1 unspecified atom stereocenters. The van der Waals surface area contributed by atoms with Crippen LogP contribution in [0.4, 0.5) is 11.4 Å². The van der Waals surface area contributed by atoms with Crippen LogP contribution in [0.1, 0.15) is 18.1 Å². The van der Waals surface area contributed by atoms with Crippen LogP contribution in [-0.2, 0) is 17.6 Å². The average Bonchev–Trinajstić information content (AvgIpc) is 2.53. The Balaban J connectivity index is 1.83. The Morgan fingerprint density at radius 1 is 1.14 bits per heavy atom. The molecule has 4 nitrogen and oxygen atoms in total. The molecule has 3 rings (SSSR count). The third-order valence-corrected chi connectivity index (χ3v) is 4.07. The van der Waals surface area contributed by atoms with E-state index in [-0.39, 0.29) is 5.91 Å². The number of ether oxygens (including phenoxy) is 1. The molecule has 0 fully saturated rings. The zero-order valence-corrected chi connectivity index (χ0v) is 12.9. The number of hydrogen-bond acceptors (Lipinski definition) is 3. The number of fused-ring (bicyclic) bond motifs is 1. The summed E-state index contributed by atoms with van der Waals surface area (Å²) >= 11 is 0. The third-order valence-electron chi connectivity index (χ3n) is 4.07. The third kappa shape index (κ3) is 2.64. The molecule has 0 radical (unpaired) electrons. The summed E-state index contributed by atoms with van der Waals surface area (Å²) in [5.41, 5.74) is 9.58. The fourth-order valence-corrected chi connectivity index (χ4v) is 2.69. The van der Waals surface area contributed by atoms with E-state index in [1.54, 1.807) is 24.1 Å². The van der Waals surface area contributed by atoms with Gasteiger partial charge < -0.3 is 15.4 Å². The molecule has 114 valence electrons. The first-order chi connectivity index (χ1) is 10.6. The minimum atomic E-state index is -0.508. The van der Waals surface area contributed by atoms with Gasteiger partial charge in [-0.1, -0.05) is 31.2 Å². The number of likely N-dealkylation sites (N-methyl/N-ethyl adjacent to an activating group) is 1. The Labute approximate surface area is 130 Å². The van der Waals surface area contributed by atoms with Crippen molar-refractivity contribution < 1.29 is 9.53 Å². The Morgan fingerprint density at radius 3 is 2.50 bits per heavy atom. The quantitative estimate of drug-likeness (QED) is 0.886. The van der Waals surface area contributed by atoms with Crippen molar-refractivity contribution in [3.63, 3.8) is 0 Å². The lowest BCUT2D eigenvalue weighted by atomic mass is 10.0. The highest BCUT2D eigenvalue weighted by Gasteiger charge is 2.32. The lowest BCUT2D eigenvalue weighted by Crippen LogP contribution is -2.44. The Kier molecular flexibility index (Phi) is 3.75. The van der Waals surface area contributed by atoms with Crippen LogP contribution in [0, 0.1) is 0 Å². The van der Waals surface area contributed by atoms with Gasteiger partial charge in [0.2, 0.25) is 0 Å². The number of benzene rings is 2. The maximum atomic E-state index is 12.5. The minimum Gasteiger partial charge on any atom is -0.478 e. The van der Waals surface area contributed by atoms with E-state index in [1.165, 1.54) is 5.56 Å². The predicted molar refractivity (Wildman–Crippen MR) is 88.2 cm³/mol. The van der Waals surface area contributed by atoms with Gasteiger partial charge in [0.05, 0.1) is 5.69 Å². The van der Waals surface area contributed by atoms with Crippen LogP contribution in [0.25, 0.3) is 0 Å². The molecule has 0 aromatic heterocycles. The van der Waals surface area contributed by atoms with E-state index >= 15 is 0 Å². The van der Waals surface area contributed by atoms with Gasteiger partial charge in [0.1, 0.15) is 5.75 Å². The lowest BCUT2D eigenvalue weighted by Gasteiger charge is -2.32. The highest BCUT2D eigenvalue weighted by molar-refractivity contribution is 6.00. The smallest absolute Gasteiger partial charge is 0.268 e. The number of nitrogen functional groups attached to an aromatic ring is 1. The number of carbonyl (C=O) groups excluding carboxylic acids is 1. The van der Waals surface area contributed by atoms with Gasteiger partial charge in [-0.3, -0.25) is 4.79 Å². The summed E-state index contributed by atoms with van der Waals surface area (Å²) < 4.78 is 5.88. The van der Waals surface area contributed by atoms with E-state index < -0.39 is 6.10 Å². The second kappa shape index (κ2) is 5.72. The van der Waals surface area contributed by atoms with Crippen molar-refractivity contribution in [1.29, 1.82) is 0 Å². The minimum absolute atomic E-state index is 0.0307. The van der Waals surface area contributed by atoms with Crippen molar-refractivity contribution in [2.24, 2.45) is 0 Å². The van der Waals surface area contributed by atoms with Crippen LogP contribution in [0.5, 0.6) is 5.75 Å². The summed E-state index contributed by atoms with van der Waals surface area (Å²) in [7, 11) is 1.77. The summed E-state index contributed by atoms with van der Waals surface area (Å²) in [6, 6.07) is 13.7. The topological polar surface area (TPSA) is 55.6 Å². The van der Waals surface area contributed by atoms with Crippen LogP contribution < -0.4 is 15.4 Å². The van der Waals surface area contributed by atoms with Crippen LogP contribution >= 0.6 is 0 Å². The molecule has 22 heavy (non-hydrogen) atoms. The zero-order chi connectivity index (χ0) is 15.7. The van der Waals surface area contributed by atoms with E-state index in [1.807, 2.05) is 6.07 Å². The van der Waals surface area contributed by atoms with Gasteiger partial charge in [-0.15, -0.1) is 0 Å². The normalized spacial score (nSPS) is 17.1. The van der Waals surface area contributed by atoms with E-state index in [4.69, 9.17) is 10.5 Å². The van der Waals surface area contributed by atoms with Crippen molar-refractivity contribution in [2.75, 3.05) is 17.7 Å². The number of nitrogens with two attached hydrogens (primary N) is 1. The monoisotopic (exact) mass is 296 g/mol. The maximum Gasteiger partial charge on any atom is 0.268 e. The van der Waals surface area contributed by atoms with Crippen molar-refractivity contribution in [3.8, 4) is 5.75 Å². The Hall–Kier alpha value is -2.49. The van der Waals surface area contributed by atoms with Gasteiger partial charge >= 0.3 is 0 Å². The summed E-state index contributed by atoms with van der Waals surface area (Å²) in [4.78, 5) is 14.1. The highest BCUT2D eigenvalue weighted by Crippen LogP contribution is 2.35. The zero-order valence-electron chi connectivity index (χ0n) is 12.9. The summed E-state index contributed by atoms with van der Waals surface area (Å²) in [5, 5.41) is 0. The first-order valence-corrected chi connectivity index (χ1v) is 7.50. The van der Waals surface area contributed by atoms with Crippen molar-refractivity contribution in [1.82, 2.24) is 0 Å². The second-order valence-electron chi connectivity index (χ2n) is 5.61. The van der Waals surface area contributed by atoms with Crippen molar-refractivity contribution >= 4 is 17.3 Å². The molecular weight excluding hydrogens is 276 g/mol. The fourth-order valence-electron chi connectivity index (χ4n) is 2.69. The van der Waals surface area contributed by atoms with E-state index in [2.05, 4.69) is 31.2 Å². The number of carbonyl (C=O) groups is 1. The van der Waals surface area contributed by atoms with E-state index in [0.717, 1.165) is 17.7 Å². The summed E-state index contributed by atoms with van der Waals surface area (Å²) in [6.45, 7) is 2.12. The van der Waals surface area contributed by atoms with Gasteiger partial charge in [0.25, 0.3) is 5.91 Å². The molecule has 0 aliphatic carbocycles. The Morgan fingerprint density at radius 2 is 1.82 bits per heavy atom. The summed E-state index contributed by atoms with van der Waals surface area (Å²) in [5.74, 6) is 0.633. The first kappa shape index (κ1) is 14.4. The van der Waals surface area contributed by atoms with Crippen LogP contribution in [0.2, 0.25) is 0 Å². The second-order valence-corrected chi connectivity index (χ2v) is 5.61. The maximum absolute atomic E-state index is 12.5. The number of aryl methyl sites for hydroxylation is 1. The molecule has 1 atom stereocenters. The molecule has 0 bridgehead atoms. The average molecular weight is 296 g/mol. The molecular formula is C18H20N2O2. The first-order valence-electron chi connectivity index (χ1n) is 7.50. The largest absolute Gasteiger partial charge is 0.478 e. The molecule has 1 heterocycles. The number of hydrogen-bond donors (Lipinski definition) is 1. The fraction of sp³-hybridized carbons (Fsp3) is 0.278. The number of amides is 1. The van der Waals surface area contributed by atoms with Crippen LogP contribution in [-0.4, -0.2) is 19.1 Å². The van der Waals surface area contributed by atoms with E-state index in [0.29, 0.717) is 17.9 Å². The van der Waals surface area contributed by atoms with Gasteiger partial charge in [-0.2, -0.15) is 0 Å². The number of anilines is 2. The predicted octanol–water partition coefficient (Wildman–Crippen LogP) is 2.80. The van der Waals surface area contributed by atoms with Crippen molar-refractivity contribution in [3.05, 3.63) is 53.6 Å². The molecule has 2 aromatic rings. The molecule has 2 aromatic carbocycles. The molecule has 1 aliphatic heterocycles. The molecule has 2 N–H and O–H groups in total. The molecule has 0 saturated carbocycles. The molecule has 4 heteroatoms. The van der Waals surface area contributed by atoms with Crippen molar-refractivity contribution in [2.45, 2.75) is 25.9 Å². The molecule has 0 spiro atoms. The van der Waals surface area contributed by atoms with Gasteiger partial charge in [-0.05, 0) is 29.7 Å². The molecule has 1 amide bonds. The number of rotatable bonds is 3. The van der Waals surface area contributed by atoms with Crippen LogP contribution in [0.3, 0.4) is 0 Å². The molecule has 0 saturated heterocycles. The van der Waals surface area contributed by atoms with Gasteiger partial charge in [0.15, 0.2) is 6.10 Å². The number of nitrogens with zero attached hydrogens (tertiary/aromatic N) is 1. The molecule has 1 aliphatic rings. The van der Waals surface area contributed by atoms with E-state index in [9.17, 15) is 4.79 Å². The van der Waals surface area contributed by atoms with Gasteiger partial charge in [-0.25, -0.2) is 0 Å². The summed E-state index contributed by atoms with van der Waals surface area (Å²) in [6.07, 6.45) is 1.06. The lowest BCUT2D eigenvalue weighted by molar-refractivity contribution is -0.125.